The molecule has 1 aliphatic rings. The number of para-hydroxylation sites is 2. The Morgan fingerprint density at radius 2 is 1.91 bits per heavy atom. The Balaban J connectivity index is 1.46. The number of hydrogen-bond acceptors (Lipinski definition) is 3. The molecule has 2 aromatic carbocycles. The predicted octanol–water partition coefficient (Wildman–Crippen LogP) is 2.24. The molecule has 0 fully saturated rings. The minimum absolute atomic E-state index is 0.0438. The average Bonchev–Trinajstić information content (AvgIpc) is 2.99. The zero-order chi connectivity index (χ0) is 15.4. The Bertz CT molecular complexity index is 618. The van der Waals surface area contributed by atoms with Gasteiger partial charge in [0.2, 0.25) is 0 Å². The first-order valence-electron chi connectivity index (χ1n) is 7.52. The van der Waals surface area contributed by atoms with E-state index in [0.29, 0.717) is 13.0 Å². The van der Waals surface area contributed by atoms with Crippen LogP contribution in [0.1, 0.15) is 5.56 Å². The van der Waals surface area contributed by atoms with Crippen LogP contribution in [0, 0.1) is 0 Å². The van der Waals surface area contributed by atoms with Crippen molar-refractivity contribution < 1.29 is 9.53 Å². The molecule has 1 N–H and O–H groups in total. The maximum atomic E-state index is 12.2. The summed E-state index contributed by atoms with van der Waals surface area (Å²) in [6.07, 6.45) is 0.246. The number of anilines is 1. The molecule has 0 aliphatic carbocycles. The van der Waals surface area contributed by atoms with Gasteiger partial charge in [0.05, 0.1) is 0 Å². The molecule has 0 saturated carbocycles. The first-order valence-corrected chi connectivity index (χ1v) is 7.52. The lowest BCUT2D eigenvalue weighted by molar-refractivity contribution is -0.127. The van der Waals surface area contributed by atoms with Gasteiger partial charge >= 0.3 is 0 Å². The standard InChI is InChI=1S/C18H20N2O2/c1-20(15-8-3-2-4-9-15)12-11-19-18(21)17-13-14-7-5-6-10-16(14)22-17/h2-10,17H,11-13H2,1H3,(H,19,21). The highest BCUT2D eigenvalue weighted by atomic mass is 16.5. The molecule has 0 bridgehead atoms. The van der Waals surface area contributed by atoms with Crippen molar-refractivity contribution in [1.29, 1.82) is 0 Å². The highest BCUT2D eigenvalue weighted by Gasteiger charge is 2.28. The monoisotopic (exact) mass is 296 g/mol. The van der Waals surface area contributed by atoms with Crippen LogP contribution in [0.2, 0.25) is 0 Å². The second-order valence-corrected chi connectivity index (χ2v) is 5.47. The van der Waals surface area contributed by atoms with Crippen LogP contribution >= 0.6 is 0 Å². The number of rotatable bonds is 5. The van der Waals surface area contributed by atoms with Gasteiger partial charge in [-0.3, -0.25) is 4.79 Å². The lowest BCUT2D eigenvalue weighted by Gasteiger charge is -2.20. The van der Waals surface area contributed by atoms with Gasteiger partial charge in [0.25, 0.3) is 5.91 Å². The Morgan fingerprint density at radius 1 is 1.18 bits per heavy atom. The number of carbonyl (C=O) groups excluding carboxylic acids is 1. The fourth-order valence-corrected chi connectivity index (χ4v) is 2.60. The summed E-state index contributed by atoms with van der Waals surface area (Å²) < 4.78 is 5.69. The third-order valence-electron chi connectivity index (χ3n) is 3.88. The molecule has 114 valence electrons. The van der Waals surface area contributed by atoms with Crippen molar-refractivity contribution in [2.75, 3.05) is 25.0 Å². The van der Waals surface area contributed by atoms with Gasteiger partial charge in [-0.1, -0.05) is 36.4 Å². The summed E-state index contributed by atoms with van der Waals surface area (Å²) in [5.41, 5.74) is 2.24. The number of carbonyl (C=O) groups is 1. The number of benzene rings is 2. The first kappa shape index (κ1) is 14.4. The van der Waals surface area contributed by atoms with Crippen molar-refractivity contribution in [1.82, 2.24) is 5.32 Å². The molecule has 1 heterocycles. The summed E-state index contributed by atoms with van der Waals surface area (Å²) in [5.74, 6) is 0.779. The largest absolute Gasteiger partial charge is 0.480 e. The van der Waals surface area contributed by atoms with Crippen LogP contribution in [-0.4, -0.2) is 32.1 Å². The number of likely N-dealkylation sites (N-methyl/N-ethyl adjacent to an activating group) is 1. The second kappa shape index (κ2) is 6.52. The molecule has 0 saturated heterocycles. The third-order valence-corrected chi connectivity index (χ3v) is 3.88. The number of fused-ring (bicyclic) bond motifs is 1. The normalized spacial score (nSPS) is 15.8. The molecule has 0 radical (unpaired) electrons. The molecule has 0 spiro atoms. The number of hydrogen-bond donors (Lipinski definition) is 1. The maximum Gasteiger partial charge on any atom is 0.261 e. The average molecular weight is 296 g/mol. The van der Waals surface area contributed by atoms with Crippen LogP contribution in [0.5, 0.6) is 5.75 Å². The van der Waals surface area contributed by atoms with Crippen LogP contribution in [0.3, 0.4) is 0 Å². The number of amides is 1. The van der Waals surface area contributed by atoms with E-state index in [2.05, 4.69) is 22.3 Å². The highest BCUT2D eigenvalue weighted by molar-refractivity contribution is 5.82. The molecule has 4 nitrogen and oxygen atoms in total. The SMILES string of the molecule is CN(CCNC(=O)C1Cc2ccccc2O1)c1ccccc1. The molecule has 0 aromatic heterocycles. The summed E-state index contributed by atoms with van der Waals surface area (Å²) in [6.45, 7) is 1.36. The topological polar surface area (TPSA) is 41.6 Å². The molecule has 3 rings (SSSR count). The number of nitrogens with zero attached hydrogens (tertiary/aromatic N) is 1. The molecule has 1 atom stereocenters. The van der Waals surface area contributed by atoms with E-state index >= 15 is 0 Å². The van der Waals surface area contributed by atoms with E-state index in [4.69, 9.17) is 4.74 Å². The molecular formula is C18H20N2O2. The van der Waals surface area contributed by atoms with E-state index in [1.54, 1.807) is 0 Å². The van der Waals surface area contributed by atoms with Crippen molar-refractivity contribution in [2.45, 2.75) is 12.5 Å². The van der Waals surface area contributed by atoms with E-state index in [0.717, 1.165) is 23.5 Å². The Morgan fingerprint density at radius 3 is 2.68 bits per heavy atom. The van der Waals surface area contributed by atoms with Crippen molar-refractivity contribution >= 4 is 11.6 Å². The highest BCUT2D eigenvalue weighted by Crippen LogP contribution is 2.28. The fourth-order valence-electron chi connectivity index (χ4n) is 2.60. The number of nitrogens with one attached hydrogen (secondary N) is 1. The van der Waals surface area contributed by atoms with Gasteiger partial charge in [0.1, 0.15) is 5.75 Å². The van der Waals surface area contributed by atoms with E-state index < -0.39 is 6.10 Å². The fraction of sp³-hybridized carbons (Fsp3) is 0.278. The Kier molecular flexibility index (Phi) is 4.28. The molecule has 2 aromatic rings. The van der Waals surface area contributed by atoms with Crippen molar-refractivity contribution in [2.24, 2.45) is 0 Å². The zero-order valence-electron chi connectivity index (χ0n) is 12.7. The first-order chi connectivity index (χ1) is 10.7. The molecule has 1 unspecified atom stereocenters. The van der Waals surface area contributed by atoms with Gasteiger partial charge in [-0.25, -0.2) is 0 Å². The third kappa shape index (κ3) is 3.22. The van der Waals surface area contributed by atoms with Gasteiger partial charge in [-0.2, -0.15) is 0 Å². The summed E-state index contributed by atoms with van der Waals surface area (Å²) in [5, 5.41) is 2.95. The number of ether oxygens (including phenoxy) is 1. The predicted molar refractivity (Wildman–Crippen MR) is 87.3 cm³/mol. The summed E-state index contributed by atoms with van der Waals surface area (Å²) >= 11 is 0. The Labute approximate surface area is 130 Å². The summed E-state index contributed by atoms with van der Waals surface area (Å²) in [4.78, 5) is 14.3. The van der Waals surface area contributed by atoms with Gasteiger partial charge in [0, 0.05) is 32.2 Å². The van der Waals surface area contributed by atoms with E-state index in [1.807, 2.05) is 49.5 Å². The van der Waals surface area contributed by atoms with Crippen LogP contribution in [0.15, 0.2) is 54.6 Å². The zero-order valence-corrected chi connectivity index (χ0v) is 12.7. The van der Waals surface area contributed by atoms with E-state index in [1.165, 1.54) is 0 Å². The van der Waals surface area contributed by atoms with Crippen molar-refractivity contribution in [3.63, 3.8) is 0 Å². The molecule has 1 aliphatic heterocycles. The van der Waals surface area contributed by atoms with Crippen LogP contribution in [0.4, 0.5) is 5.69 Å². The maximum absolute atomic E-state index is 12.2. The minimum atomic E-state index is -0.403. The molecule has 4 heteroatoms. The quantitative estimate of drug-likeness (QED) is 0.920. The smallest absolute Gasteiger partial charge is 0.261 e. The molecule has 22 heavy (non-hydrogen) atoms. The van der Waals surface area contributed by atoms with Crippen LogP contribution in [-0.2, 0) is 11.2 Å². The lowest BCUT2D eigenvalue weighted by atomic mass is 10.1. The minimum Gasteiger partial charge on any atom is -0.480 e. The van der Waals surface area contributed by atoms with Gasteiger partial charge < -0.3 is 15.0 Å². The second-order valence-electron chi connectivity index (χ2n) is 5.47. The lowest BCUT2D eigenvalue weighted by Crippen LogP contribution is -2.40. The van der Waals surface area contributed by atoms with Gasteiger partial charge in [0.15, 0.2) is 6.10 Å². The van der Waals surface area contributed by atoms with Crippen LogP contribution < -0.4 is 15.0 Å². The molecule has 1 amide bonds. The van der Waals surface area contributed by atoms with Crippen molar-refractivity contribution in [3.8, 4) is 5.75 Å². The van der Waals surface area contributed by atoms with E-state index in [9.17, 15) is 4.79 Å². The Hall–Kier alpha value is -2.49. The summed E-state index contributed by atoms with van der Waals surface area (Å²) in [7, 11) is 2.02. The summed E-state index contributed by atoms with van der Waals surface area (Å²) in [6, 6.07) is 17.9. The van der Waals surface area contributed by atoms with Gasteiger partial charge in [-0.15, -0.1) is 0 Å². The van der Waals surface area contributed by atoms with Crippen molar-refractivity contribution in [3.05, 3.63) is 60.2 Å². The molecular weight excluding hydrogens is 276 g/mol. The van der Waals surface area contributed by atoms with E-state index in [-0.39, 0.29) is 5.91 Å². The van der Waals surface area contributed by atoms with Gasteiger partial charge in [-0.05, 0) is 23.8 Å². The van der Waals surface area contributed by atoms with Crippen LogP contribution in [0.25, 0.3) is 0 Å².